The summed E-state index contributed by atoms with van der Waals surface area (Å²) in [7, 11) is 0. The number of likely N-dealkylation sites (tertiary alicyclic amines) is 1. The van der Waals surface area contributed by atoms with Crippen LogP contribution in [0.25, 0.3) is 11.1 Å². The molecule has 2 aliphatic rings. The molecule has 0 radical (unpaired) electrons. The van der Waals surface area contributed by atoms with Gasteiger partial charge in [0.25, 0.3) is 0 Å². The average molecular weight is 539 g/mol. The topological polar surface area (TPSA) is 82.9 Å². The van der Waals surface area contributed by atoms with Gasteiger partial charge in [0.2, 0.25) is 0 Å². The largest absolute Gasteiger partial charge is 0.487 e. The first-order chi connectivity index (χ1) is 19.2. The molecule has 0 aliphatic carbocycles. The lowest BCUT2D eigenvalue weighted by atomic mass is 9.84. The zero-order valence-electron chi connectivity index (χ0n) is 23.6. The molecule has 2 N–H and O–H groups in total. The van der Waals surface area contributed by atoms with Gasteiger partial charge in [0.05, 0.1) is 11.3 Å². The molecule has 0 atom stereocenters. The van der Waals surface area contributed by atoms with Crippen LogP contribution in [0.1, 0.15) is 66.6 Å². The third-order valence-electron chi connectivity index (χ3n) is 8.11. The van der Waals surface area contributed by atoms with Gasteiger partial charge in [-0.25, -0.2) is 4.79 Å². The quantitative estimate of drug-likeness (QED) is 0.348. The number of carboxylic acids is 1. The Hall–Kier alpha value is -3.74. The Morgan fingerprint density at radius 2 is 1.85 bits per heavy atom. The van der Waals surface area contributed by atoms with Crippen LogP contribution in [-0.2, 0) is 17.0 Å². The Labute approximate surface area is 236 Å². The number of allylic oxidation sites excluding steroid dienone is 1. The number of hydrogen-bond donors (Lipinski definition) is 2. The Morgan fingerprint density at radius 3 is 2.55 bits per heavy atom. The van der Waals surface area contributed by atoms with Crippen molar-refractivity contribution in [3.8, 4) is 5.75 Å². The first-order valence-electron chi connectivity index (χ1n) is 14.1. The molecule has 0 spiro atoms. The normalized spacial score (nSPS) is 18.1. The van der Waals surface area contributed by atoms with E-state index in [0.717, 1.165) is 70.9 Å². The standard InChI is InChI=1S/C34H38N2O4/c1-23(2)29(21-33(37)38)25-10-13-32-30(20-25)27(28-6-4-16-35-31(28)22-40-32)7-5-17-36-18-14-34(39,15-19-36)26-11-8-24(3)9-12-26/h4,6-13,16,20-21,23,39H,5,14-15,17-19,22H2,1-3H3,(H,37,38)/b27-7+,29-21+. The van der Waals surface area contributed by atoms with Crippen molar-refractivity contribution in [1.82, 2.24) is 9.88 Å². The first-order valence-corrected chi connectivity index (χ1v) is 14.1. The van der Waals surface area contributed by atoms with Crippen LogP contribution in [0.15, 0.2) is 72.9 Å². The highest BCUT2D eigenvalue weighted by molar-refractivity contribution is 5.92. The second-order valence-corrected chi connectivity index (χ2v) is 11.2. The van der Waals surface area contributed by atoms with Gasteiger partial charge in [-0.1, -0.05) is 61.9 Å². The summed E-state index contributed by atoms with van der Waals surface area (Å²) in [5.41, 5.74) is 7.04. The van der Waals surface area contributed by atoms with Gasteiger partial charge >= 0.3 is 5.97 Å². The van der Waals surface area contributed by atoms with Crippen molar-refractivity contribution in [3.05, 3.63) is 106 Å². The Bertz CT molecular complexity index is 1430. The van der Waals surface area contributed by atoms with Crippen molar-refractivity contribution in [1.29, 1.82) is 0 Å². The molecule has 5 rings (SSSR count). The van der Waals surface area contributed by atoms with E-state index in [9.17, 15) is 15.0 Å². The summed E-state index contributed by atoms with van der Waals surface area (Å²) in [6.45, 7) is 9.02. The molecule has 0 saturated carbocycles. The molecule has 0 amide bonds. The van der Waals surface area contributed by atoms with E-state index in [0.29, 0.717) is 19.4 Å². The van der Waals surface area contributed by atoms with Gasteiger partial charge in [0.15, 0.2) is 0 Å². The number of ether oxygens (including phenoxy) is 1. The van der Waals surface area contributed by atoms with E-state index in [2.05, 4.69) is 59.3 Å². The second-order valence-electron chi connectivity index (χ2n) is 11.2. The smallest absolute Gasteiger partial charge is 0.328 e. The van der Waals surface area contributed by atoms with Crippen LogP contribution >= 0.6 is 0 Å². The molecule has 1 saturated heterocycles. The fourth-order valence-electron chi connectivity index (χ4n) is 5.76. The van der Waals surface area contributed by atoms with E-state index in [-0.39, 0.29) is 5.92 Å². The van der Waals surface area contributed by atoms with Crippen LogP contribution in [0, 0.1) is 12.8 Å². The minimum absolute atomic E-state index is 0.0554. The van der Waals surface area contributed by atoms with Crippen LogP contribution in [0.5, 0.6) is 5.75 Å². The van der Waals surface area contributed by atoms with Crippen molar-refractivity contribution in [2.24, 2.45) is 5.92 Å². The number of piperidine rings is 1. The van der Waals surface area contributed by atoms with Gasteiger partial charge in [-0.15, -0.1) is 0 Å². The first kappa shape index (κ1) is 27.8. The highest BCUT2D eigenvalue weighted by Crippen LogP contribution is 2.39. The minimum atomic E-state index is -0.948. The van der Waals surface area contributed by atoms with E-state index >= 15 is 0 Å². The fraction of sp³-hybridized carbons (Fsp3) is 0.353. The minimum Gasteiger partial charge on any atom is -0.487 e. The van der Waals surface area contributed by atoms with Crippen LogP contribution in [0.2, 0.25) is 0 Å². The monoisotopic (exact) mass is 538 g/mol. The number of carboxylic acid groups (broad SMARTS) is 1. The summed E-state index contributed by atoms with van der Waals surface area (Å²) in [4.78, 5) is 18.6. The molecule has 3 aromatic rings. The lowest BCUT2D eigenvalue weighted by Crippen LogP contribution is -2.42. The number of pyridine rings is 1. The Balaban J connectivity index is 1.39. The molecule has 1 aromatic heterocycles. The maximum absolute atomic E-state index is 11.5. The number of rotatable bonds is 7. The molecule has 1 fully saturated rings. The third kappa shape index (κ3) is 6.03. The van der Waals surface area contributed by atoms with Gasteiger partial charge in [0.1, 0.15) is 12.4 Å². The van der Waals surface area contributed by atoms with Gasteiger partial charge in [-0.05, 0) is 72.6 Å². The molecule has 0 unspecified atom stereocenters. The highest BCUT2D eigenvalue weighted by Gasteiger charge is 2.33. The van der Waals surface area contributed by atoms with Gasteiger partial charge in [-0.2, -0.15) is 0 Å². The summed E-state index contributed by atoms with van der Waals surface area (Å²) in [6.07, 6.45) is 7.61. The zero-order valence-corrected chi connectivity index (χ0v) is 23.6. The maximum atomic E-state index is 11.5. The summed E-state index contributed by atoms with van der Waals surface area (Å²) < 4.78 is 6.17. The molecule has 6 heteroatoms. The number of aliphatic carboxylic acids is 1. The van der Waals surface area contributed by atoms with Gasteiger partial charge in [-0.3, -0.25) is 4.98 Å². The molecule has 3 heterocycles. The Kier molecular flexibility index (Phi) is 8.19. The van der Waals surface area contributed by atoms with E-state index in [1.807, 2.05) is 32.0 Å². The number of nitrogens with zero attached hydrogens (tertiary/aromatic N) is 2. The lowest BCUT2D eigenvalue weighted by Gasteiger charge is -2.38. The molecule has 2 aliphatic heterocycles. The van der Waals surface area contributed by atoms with Crippen LogP contribution < -0.4 is 4.74 Å². The number of aryl methyl sites for hydroxylation is 1. The van der Waals surface area contributed by atoms with Crippen molar-refractivity contribution in [2.45, 2.75) is 52.2 Å². The van der Waals surface area contributed by atoms with Gasteiger partial charge in [0, 0.05) is 43.0 Å². The molecular weight excluding hydrogens is 500 g/mol. The fourth-order valence-corrected chi connectivity index (χ4v) is 5.76. The maximum Gasteiger partial charge on any atom is 0.328 e. The number of aromatic nitrogens is 1. The van der Waals surface area contributed by atoms with Crippen LogP contribution in [-0.4, -0.2) is 45.7 Å². The van der Waals surface area contributed by atoms with E-state index in [1.54, 1.807) is 6.20 Å². The summed E-state index contributed by atoms with van der Waals surface area (Å²) >= 11 is 0. The predicted octanol–water partition coefficient (Wildman–Crippen LogP) is 6.21. The Morgan fingerprint density at radius 1 is 1.10 bits per heavy atom. The van der Waals surface area contributed by atoms with Crippen molar-refractivity contribution >= 4 is 17.1 Å². The van der Waals surface area contributed by atoms with E-state index in [4.69, 9.17) is 4.74 Å². The molecule has 2 aromatic carbocycles. The molecule has 208 valence electrons. The predicted molar refractivity (Wildman–Crippen MR) is 158 cm³/mol. The number of hydrogen-bond acceptors (Lipinski definition) is 5. The van der Waals surface area contributed by atoms with Crippen LogP contribution in [0.4, 0.5) is 0 Å². The van der Waals surface area contributed by atoms with Gasteiger partial charge < -0.3 is 19.8 Å². The zero-order chi connectivity index (χ0) is 28.3. The molecule has 6 nitrogen and oxygen atoms in total. The number of carbonyl (C=O) groups is 1. The number of fused-ring (bicyclic) bond motifs is 2. The SMILES string of the molecule is Cc1ccc(C2(O)CCN(CC/C=C3/c4cc(/C(=C/C(=O)O)C(C)C)ccc4OCc4ncccc43)CC2)cc1. The average Bonchev–Trinajstić information content (AvgIpc) is 3.09. The third-order valence-corrected chi connectivity index (χ3v) is 8.11. The van der Waals surface area contributed by atoms with Crippen molar-refractivity contribution < 1.29 is 19.7 Å². The summed E-state index contributed by atoms with van der Waals surface area (Å²) in [5.74, 6) is -0.122. The molecule has 40 heavy (non-hydrogen) atoms. The number of benzene rings is 2. The van der Waals surface area contributed by atoms with Crippen LogP contribution in [0.3, 0.4) is 0 Å². The lowest BCUT2D eigenvalue weighted by molar-refractivity contribution is -0.131. The summed E-state index contributed by atoms with van der Waals surface area (Å²) in [6, 6.07) is 18.2. The van der Waals surface area contributed by atoms with E-state index < -0.39 is 11.6 Å². The van der Waals surface area contributed by atoms with Crippen molar-refractivity contribution in [3.63, 3.8) is 0 Å². The second kappa shape index (κ2) is 11.8. The van der Waals surface area contributed by atoms with E-state index in [1.165, 1.54) is 11.6 Å². The highest BCUT2D eigenvalue weighted by atomic mass is 16.5. The van der Waals surface area contributed by atoms with Crippen molar-refractivity contribution in [2.75, 3.05) is 19.6 Å². The number of aliphatic hydroxyl groups is 1. The summed E-state index contributed by atoms with van der Waals surface area (Å²) in [5, 5.41) is 20.8. The molecular formula is C34H38N2O4. The molecule has 0 bridgehead atoms.